The van der Waals surface area contributed by atoms with Gasteiger partial charge in [0.05, 0.1) is 21.3 Å². The summed E-state index contributed by atoms with van der Waals surface area (Å²) in [6.45, 7) is 5.27. The zero-order valence-electron chi connectivity index (χ0n) is 16.5. The molecule has 0 heterocycles. The minimum Gasteiger partial charge on any atom is -0.493 e. The van der Waals surface area contributed by atoms with Gasteiger partial charge in [-0.25, -0.2) is 0 Å². The molecule has 0 amide bonds. The summed E-state index contributed by atoms with van der Waals surface area (Å²) in [4.78, 5) is 0. The van der Waals surface area contributed by atoms with Crippen LogP contribution in [0.1, 0.15) is 11.1 Å². The Morgan fingerprint density at radius 2 is 1.26 bits per heavy atom. The summed E-state index contributed by atoms with van der Waals surface area (Å²) in [5, 5.41) is 10.3. The van der Waals surface area contributed by atoms with Crippen LogP contribution in [0.2, 0.25) is 0 Å². The fourth-order valence-corrected chi connectivity index (χ4v) is 2.83. The van der Waals surface area contributed by atoms with Gasteiger partial charge in [0, 0.05) is 44.8 Å². The highest BCUT2D eigenvalue weighted by atomic mass is 16.5. The van der Waals surface area contributed by atoms with E-state index in [-0.39, 0.29) is 0 Å². The van der Waals surface area contributed by atoms with Crippen LogP contribution in [0.25, 0.3) is 0 Å². The molecule has 27 heavy (non-hydrogen) atoms. The maximum Gasteiger partial charge on any atom is 0.203 e. The van der Waals surface area contributed by atoms with Crippen LogP contribution in [0.15, 0.2) is 42.5 Å². The van der Waals surface area contributed by atoms with Crippen LogP contribution in [0.4, 0.5) is 0 Å². The molecule has 0 saturated heterocycles. The molecule has 2 aromatic rings. The lowest BCUT2D eigenvalue weighted by Crippen LogP contribution is -2.32. The van der Waals surface area contributed by atoms with Crippen molar-refractivity contribution in [1.29, 1.82) is 0 Å². The van der Waals surface area contributed by atoms with Gasteiger partial charge in [-0.2, -0.15) is 0 Å². The maximum absolute atomic E-state index is 5.50. The van der Waals surface area contributed by atoms with Crippen molar-refractivity contribution in [3.8, 4) is 17.2 Å². The highest BCUT2D eigenvalue weighted by Crippen LogP contribution is 2.39. The minimum atomic E-state index is 0.627. The van der Waals surface area contributed by atoms with Crippen LogP contribution >= 0.6 is 0 Å². The van der Waals surface area contributed by atoms with Crippen LogP contribution < -0.4 is 30.2 Å². The van der Waals surface area contributed by atoms with Gasteiger partial charge in [0.25, 0.3) is 0 Å². The number of rotatable bonds is 13. The lowest BCUT2D eigenvalue weighted by molar-refractivity contribution is 0.321. The molecular weight excluding hydrogens is 342 g/mol. The van der Waals surface area contributed by atoms with Gasteiger partial charge in [-0.05, 0) is 11.6 Å². The lowest BCUT2D eigenvalue weighted by atomic mass is 10.1. The van der Waals surface area contributed by atoms with Gasteiger partial charge in [-0.3, -0.25) is 0 Å². The standard InChI is InChI=1S/C21H31N3O3/c1-25-19-10-9-18(20(26-2)21(19)27-3)16-24-14-12-22-11-13-23-15-17-7-5-4-6-8-17/h4-10,22-24H,11-16H2,1-3H3. The van der Waals surface area contributed by atoms with E-state index in [9.17, 15) is 0 Å². The van der Waals surface area contributed by atoms with Crippen LogP contribution in [-0.4, -0.2) is 47.5 Å². The van der Waals surface area contributed by atoms with E-state index in [1.54, 1.807) is 21.3 Å². The van der Waals surface area contributed by atoms with Gasteiger partial charge in [-0.15, -0.1) is 0 Å². The fraction of sp³-hybridized carbons (Fsp3) is 0.429. The predicted octanol–water partition coefficient (Wildman–Crippen LogP) is 2.18. The summed E-state index contributed by atoms with van der Waals surface area (Å²) in [5.74, 6) is 2.01. The Kier molecular flexibility index (Phi) is 9.48. The third-order valence-corrected chi connectivity index (χ3v) is 4.23. The average Bonchev–Trinajstić information content (AvgIpc) is 2.72. The number of hydrogen-bond donors (Lipinski definition) is 3. The van der Waals surface area contributed by atoms with Crippen LogP contribution in [0.5, 0.6) is 17.2 Å². The molecule has 0 aliphatic carbocycles. The second-order valence-corrected chi connectivity index (χ2v) is 6.08. The molecule has 2 aromatic carbocycles. The molecule has 0 radical (unpaired) electrons. The summed E-state index contributed by atoms with van der Waals surface area (Å²) in [5.41, 5.74) is 2.35. The van der Waals surface area contributed by atoms with Crippen LogP contribution in [-0.2, 0) is 13.1 Å². The first-order valence-electron chi connectivity index (χ1n) is 9.24. The normalized spacial score (nSPS) is 10.6. The van der Waals surface area contributed by atoms with Crippen molar-refractivity contribution in [3.05, 3.63) is 53.6 Å². The lowest BCUT2D eigenvalue weighted by Gasteiger charge is -2.16. The second kappa shape index (κ2) is 12.2. The van der Waals surface area contributed by atoms with E-state index in [1.807, 2.05) is 18.2 Å². The van der Waals surface area contributed by atoms with Crippen molar-refractivity contribution in [2.75, 3.05) is 47.5 Å². The van der Waals surface area contributed by atoms with Gasteiger partial charge in [0.15, 0.2) is 11.5 Å². The summed E-state index contributed by atoms with van der Waals surface area (Å²) >= 11 is 0. The molecule has 148 valence electrons. The molecule has 6 nitrogen and oxygen atoms in total. The average molecular weight is 373 g/mol. The van der Waals surface area contributed by atoms with Crippen molar-refractivity contribution in [1.82, 2.24) is 16.0 Å². The molecule has 0 fully saturated rings. The van der Waals surface area contributed by atoms with Gasteiger partial charge in [-0.1, -0.05) is 36.4 Å². The van der Waals surface area contributed by atoms with Crippen molar-refractivity contribution < 1.29 is 14.2 Å². The zero-order valence-corrected chi connectivity index (χ0v) is 16.5. The Hall–Kier alpha value is -2.28. The molecule has 0 unspecified atom stereocenters. The molecule has 0 atom stereocenters. The first-order chi connectivity index (χ1) is 13.3. The first kappa shape index (κ1) is 21.0. The Balaban J connectivity index is 1.61. The highest BCUT2D eigenvalue weighted by molar-refractivity contribution is 5.55. The van der Waals surface area contributed by atoms with Gasteiger partial charge < -0.3 is 30.2 Å². The summed E-state index contributed by atoms with van der Waals surface area (Å²) in [6.07, 6.45) is 0. The Morgan fingerprint density at radius 3 is 1.89 bits per heavy atom. The largest absolute Gasteiger partial charge is 0.493 e. The number of hydrogen-bond acceptors (Lipinski definition) is 6. The number of ether oxygens (including phenoxy) is 3. The van der Waals surface area contributed by atoms with Crippen molar-refractivity contribution in [3.63, 3.8) is 0 Å². The van der Waals surface area contributed by atoms with E-state index in [0.717, 1.165) is 38.3 Å². The van der Waals surface area contributed by atoms with Crippen LogP contribution in [0.3, 0.4) is 0 Å². The molecule has 6 heteroatoms. The monoisotopic (exact) mass is 373 g/mol. The summed E-state index contributed by atoms with van der Waals surface area (Å²) in [6, 6.07) is 14.3. The molecule has 0 saturated carbocycles. The molecule has 0 bridgehead atoms. The summed E-state index contributed by atoms with van der Waals surface area (Å²) in [7, 11) is 4.88. The van der Waals surface area contributed by atoms with Gasteiger partial charge >= 0.3 is 0 Å². The fourth-order valence-electron chi connectivity index (χ4n) is 2.83. The predicted molar refractivity (Wildman–Crippen MR) is 109 cm³/mol. The highest BCUT2D eigenvalue weighted by Gasteiger charge is 2.15. The van der Waals surface area contributed by atoms with E-state index in [4.69, 9.17) is 14.2 Å². The smallest absolute Gasteiger partial charge is 0.203 e. The molecule has 0 aliphatic heterocycles. The topological polar surface area (TPSA) is 63.8 Å². The number of benzene rings is 2. The number of nitrogens with one attached hydrogen (secondary N) is 3. The molecule has 0 spiro atoms. The molecule has 2 rings (SSSR count). The van der Waals surface area contributed by atoms with E-state index in [1.165, 1.54) is 5.56 Å². The Labute approximate surface area is 162 Å². The van der Waals surface area contributed by atoms with E-state index in [2.05, 4.69) is 40.2 Å². The van der Waals surface area contributed by atoms with Gasteiger partial charge in [0.1, 0.15) is 0 Å². The van der Waals surface area contributed by atoms with Crippen LogP contribution in [0, 0.1) is 0 Å². The molecule has 3 N–H and O–H groups in total. The first-order valence-corrected chi connectivity index (χ1v) is 9.24. The SMILES string of the molecule is COc1ccc(CNCCNCCNCc2ccccc2)c(OC)c1OC. The van der Waals surface area contributed by atoms with Crippen molar-refractivity contribution in [2.45, 2.75) is 13.1 Å². The van der Waals surface area contributed by atoms with Crippen molar-refractivity contribution in [2.24, 2.45) is 0 Å². The Morgan fingerprint density at radius 1 is 0.630 bits per heavy atom. The Bertz CT molecular complexity index is 665. The number of methoxy groups -OCH3 is 3. The van der Waals surface area contributed by atoms with Gasteiger partial charge in [0.2, 0.25) is 5.75 Å². The quantitative estimate of drug-likeness (QED) is 0.468. The van der Waals surface area contributed by atoms with E-state index in [0.29, 0.717) is 23.8 Å². The minimum absolute atomic E-state index is 0.627. The van der Waals surface area contributed by atoms with E-state index < -0.39 is 0 Å². The summed E-state index contributed by atoms with van der Waals surface area (Å²) < 4.78 is 16.2. The second-order valence-electron chi connectivity index (χ2n) is 6.08. The van der Waals surface area contributed by atoms with Crippen molar-refractivity contribution >= 4 is 0 Å². The third kappa shape index (κ3) is 6.75. The third-order valence-electron chi connectivity index (χ3n) is 4.23. The molecule has 0 aliphatic rings. The zero-order chi connectivity index (χ0) is 19.3. The van der Waals surface area contributed by atoms with E-state index >= 15 is 0 Å². The molecular formula is C21H31N3O3. The molecule has 0 aromatic heterocycles. The maximum atomic E-state index is 5.50.